The average molecular weight is 253 g/mol. The highest BCUT2D eigenvalue weighted by atomic mass is 35.5. The molecule has 2 nitrogen and oxygen atoms in total. The van der Waals surface area contributed by atoms with Gasteiger partial charge in [-0.2, -0.15) is 0 Å². The van der Waals surface area contributed by atoms with Crippen LogP contribution in [0.2, 0.25) is 5.02 Å². The van der Waals surface area contributed by atoms with Gasteiger partial charge in [0.25, 0.3) is 0 Å². The molecule has 0 unspecified atom stereocenters. The van der Waals surface area contributed by atoms with Crippen molar-refractivity contribution in [3.05, 3.63) is 45.1 Å². The quantitative estimate of drug-likeness (QED) is 0.761. The first-order valence-corrected chi connectivity index (χ1v) is 5.92. The number of thiophene rings is 1. The van der Waals surface area contributed by atoms with Crippen molar-refractivity contribution in [1.82, 2.24) is 0 Å². The van der Waals surface area contributed by atoms with Crippen molar-refractivity contribution in [3.63, 3.8) is 0 Å². The molecule has 1 heterocycles. The van der Waals surface area contributed by atoms with Gasteiger partial charge in [-0.1, -0.05) is 11.6 Å². The summed E-state index contributed by atoms with van der Waals surface area (Å²) in [6.07, 6.45) is 0.810. The molecule has 0 spiro atoms. The van der Waals surface area contributed by atoms with Gasteiger partial charge in [-0.15, -0.1) is 11.3 Å². The summed E-state index contributed by atoms with van der Waals surface area (Å²) in [7, 11) is 0. The Bertz CT molecular complexity index is 519. The number of benzene rings is 1. The third-order valence-corrected chi connectivity index (χ3v) is 3.34. The summed E-state index contributed by atoms with van der Waals surface area (Å²) in [6.45, 7) is 1.92. The average Bonchev–Trinajstić information content (AvgIpc) is 2.71. The molecule has 0 aliphatic rings. The first-order valence-electron chi connectivity index (χ1n) is 4.67. The predicted octanol–water partition coefficient (Wildman–Crippen LogP) is 4.31. The van der Waals surface area contributed by atoms with Crippen molar-refractivity contribution in [2.45, 2.75) is 6.92 Å². The van der Waals surface area contributed by atoms with Gasteiger partial charge in [0.2, 0.25) is 0 Å². The molecule has 1 aromatic carbocycles. The highest BCUT2D eigenvalue weighted by Crippen LogP contribution is 2.28. The van der Waals surface area contributed by atoms with E-state index in [2.05, 4.69) is 0 Å². The highest BCUT2D eigenvalue weighted by molar-refractivity contribution is 7.11. The third-order valence-electron chi connectivity index (χ3n) is 2.08. The van der Waals surface area contributed by atoms with E-state index >= 15 is 0 Å². The molecule has 0 N–H and O–H groups in total. The smallest absolute Gasteiger partial charge is 0.160 e. The molecule has 0 saturated heterocycles. The fraction of sp³-hybridized carbons (Fsp3) is 0.0833. The normalized spacial score (nSPS) is 10.1. The van der Waals surface area contributed by atoms with E-state index in [0.717, 1.165) is 17.6 Å². The number of rotatable bonds is 3. The molecule has 0 radical (unpaired) electrons. The fourth-order valence-electron chi connectivity index (χ4n) is 1.27. The summed E-state index contributed by atoms with van der Waals surface area (Å²) in [5, 5.41) is 2.51. The van der Waals surface area contributed by atoms with Gasteiger partial charge >= 0.3 is 0 Å². The second-order valence-corrected chi connectivity index (χ2v) is 4.67. The van der Waals surface area contributed by atoms with Crippen LogP contribution in [0.1, 0.15) is 15.2 Å². The van der Waals surface area contributed by atoms with Gasteiger partial charge in [0, 0.05) is 16.5 Å². The zero-order valence-corrected chi connectivity index (χ0v) is 10.1. The van der Waals surface area contributed by atoms with Crippen LogP contribution in [0.25, 0.3) is 0 Å². The molecule has 82 valence electrons. The van der Waals surface area contributed by atoms with Crippen LogP contribution in [-0.2, 0) is 0 Å². The molecule has 4 heteroatoms. The SMILES string of the molecule is Cc1cc(Oc2csc(C=O)c2)ccc1Cl. The minimum absolute atomic E-state index is 0.653. The van der Waals surface area contributed by atoms with Gasteiger partial charge in [0.1, 0.15) is 11.5 Å². The lowest BCUT2D eigenvalue weighted by Gasteiger charge is -2.04. The predicted molar refractivity (Wildman–Crippen MR) is 66.0 cm³/mol. The third kappa shape index (κ3) is 2.43. The Hall–Kier alpha value is -1.32. The van der Waals surface area contributed by atoms with Crippen LogP contribution in [0.3, 0.4) is 0 Å². The molecule has 0 aliphatic carbocycles. The lowest BCUT2D eigenvalue weighted by molar-refractivity contribution is 0.112. The largest absolute Gasteiger partial charge is 0.456 e. The second-order valence-electron chi connectivity index (χ2n) is 3.32. The van der Waals surface area contributed by atoms with Gasteiger partial charge in [0.15, 0.2) is 6.29 Å². The van der Waals surface area contributed by atoms with Crippen molar-refractivity contribution in [1.29, 1.82) is 0 Å². The van der Waals surface area contributed by atoms with Gasteiger partial charge < -0.3 is 4.74 Å². The number of ether oxygens (including phenoxy) is 1. The molecule has 2 aromatic rings. The topological polar surface area (TPSA) is 26.3 Å². The molecule has 2 rings (SSSR count). The van der Waals surface area contributed by atoms with E-state index in [-0.39, 0.29) is 0 Å². The van der Waals surface area contributed by atoms with E-state index in [1.54, 1.807) is 23.6 Å². The monoisotopic (exact) mass is 252 g/mol. The number of halogens is 1. The van der Waals surface area contributed by atoms with Crippen LogP contribution >= 0.6 is 22.9 Å². The Morgan fingerprint density at radius 1 is 1.31 bits per heavy atom. The Morgan fingerprint density at radius 3 is 2.75 bits per heavy atom. The second kappa shape index (κ2) is 4.68. The molecule has 0 saturated carbocycles. The van der Waals surface area contributed by atoms with Crippen molar-refractivity contribution in [2.75, 3.05) is 0 Å². The summed E-state index contributed by atoms with van der Waals surface area (Å²) >= 11 is 7.27. The molecule has 1 aromatic heterocycles. The minimum atomic E-state index is 0.653. The van der Waals surface area contributed by atoms with Crippen molar-refractivity contribution < 1.29 is 9.53 Å². The maximum absolute atomic E-state index is 10.5. The number of hydrogen-bond acceptors (Lipinski definition) is 3. The fourth-order valence-corrected chi connectivity index (χ4v) is 1.99. The standard InChI is InChI=1S/C12H9ClO2S/c1-8-4-9(2-3-12(8)13)15-10-5-11(6-14)16-7-10/h2-7H,1H3. The Morgan fingerprint density at radius 2 is 2.12 bits per heavy atom. The summed E-state index contributed by atoms with van der Waals surface area (Å²) in [6, 6.07) is 7.16. The van der Waals surface area contributed by atoms with Crippen molar-refractivity contribution in [2.24, 2.45) is 0 Å². The van der Waals surface area contributed by atoms with Crippen LogP contribution in [0.5, 0.6) is 11.5 Å². The van der Waals surface area contributed by atoms with E-state index in [0.29, 0.717) is 15.6 Å². The summed E-state index contributed by atoms with van der Waals surface area (Å²) in [5.41, 5.74) is 0.963. The number of carbonyl (C=O) groups excluding carboxylic acids is 1. The molecule has 0 amide bonds. The van der Waals surface area contributed by atoms with E-state index < -0.39 is 0 Å². The van der Waals surface area contributed by atoms with E-state index in [9.17, 15) is 4.79 Å². The van der Waals surface area contributed by atoms with Gasteiger partial charge in [-0.25, -0.2) is 0 Å². The number of aryl methyl sites for hydroxylation is 1. The Labute approximate surface area is 102 Å². The van der Waals surface area contributed by atoms with Crippen molar-refractivity contribution >= 4 is 29.2 Å². The minimum Gasteiger partial charge on any atom is -0.456 e. The number of hydrogen-bond donors (Lipinski definition) is 0. The summed E-state index contributed by atoms with van der Waals surface area (Å²) < 4.78 is 5.59. The first kappa shape index (κ1) is 11.2. The molecule has 16 heavy (non-hydrogen) atoms. The maximum atomic E-state index is 10.5. The highest BCUT2D eigenvalue weighted by Gasteiger charge is 2.03. The van der Waals surface area contributed by atoms with Gasteiger partial charge in [0.05, 0.1) is 4.88 Å². The zero-order chi connectivity index (χ0) is 11.5. The summed E-state index contributed by atoms with van der Waals surface area (Å²) in [4.78, 5) is 11.2. The molecule has 0 atom stereocenters. The molecule has 0 aliphatic heterocycles. The molecule has 0 fully saturated rings. The van der Waals surface area contributed by atoms with Crippen LogP contribution in [0.4, 0.5) is 0 Å². The van der Waals surface area contributed by atoms with Crippen LogP contribution in [-0.4, -0.2) is 6.29 Å². The van der Waals surface area contributed by atoms with E-state index in [1.165, 1.54) is 11.3 Å². The van der Waals surface area contributed by atoms with Crippen molar-refractivity contribution in [3.8, 4) is 11.5 Å². The number of carbonyl (C=O) groups is 1. The Kier molecular flexibility index (Phi) is 3.27. The summed E-state index contributed by atoms with van der Waals surface area (Å²) in [5.74, 6) is 1.39. The van der Waals surface area contributed by atoms with Crippen LogP contribution in [0, 0.1) is 6.92 Å². The van der Waals surface area contributed by atoms with Gasteiger partial charge in [-0.05, 0) is 30.7 Å². The number of aldehydes is 1. The lowest BCUT2D eigenvalue weighted by Crippen LogP contribution is -1.83. The maximum Gasteiger partial charge on any atom is 0.160 e. The van der Waals surface area contributed by atoms with Gasteiger partial charge in [-0.3, -0.25) is 4.79 Å². The molecular weight excluding hydrogens is 244 g/mol. The van der Waals surface area contributed by atoms with E-state index in [1.807, 2.05) is 13.0 Å². The Balaban J connectivity index is 2.20. The van der Waals surface area contributed by atoms with Crippen LogP contribution < -0.4 is 4.74 Å². The zero-order valence-electron chi connectivity index (χ0n) is 8.57. The molecular formula is C12H9ClO2S. The first-order chi connectivity index (χ1) is 7.69. The molecule has 0 bridgehead atoms. The lowest BCUT2D eigenvalue weighted by atomic mass is 10.2. The van der Waals surface area contributed by atoms with Crippen LogP contribution in [0.15, 0.2) is 29.6 Å². The van der Waals surface area contributed by atoms with E-state index in [4.69, 9.17) is 16.3 Å².